The van der Waals surface area contributed by atoms with Crippen LogP contribution in [0, 0.1) is 0 Å². The largest absolute Gasteiger partial charge is 0.431 e. The molecule has 0 aliphatic rings. The van der Waals surface area contributed by atoms with Crippen molar-refractivity contribution in [3.63, 3.8) is 0 Å². The van der Waals surface area contributed by atoms with Gasteiger partial charge in [0.05, 0.1) is 0 Å². The van der Waals surface area contributed by atoms with Crippen LogP contribution in [-0.2, 0) is 40.8 Å². The Kier molecular flexibility index (Phi) is 9.33. The van der Waals surface area contributed by atoms with Crippen molar-refractivity contribution in [3.8, 4) is 22.5 Å². The fourth-order valence-corrected chi connectivity index (χ4v) is 6.15. The van der Waals surface area contributed by atoms with Crippen molar-refractivity contribution in [2.75, 3.05) is 22.1 Å². The molecule has 0 atom stereocenters. The molecule has 0 saturated carbocycles. The first-order chi connectivity index (χ1) is 21.3. The highest BCUT2D eigenvalue weighted by atomic mass is 35.5. The summed E-state index contributed by atoms with van der Waals surface area (Å²) in [4.78, 5) is 32.8. The third kappa shape index (κ3) is 8.98. The quantitative estimate of drug-likeness (QED) is 0.190. The van der Waals surface area contributed by atoms with Crippen molar-refractivity contribution >= 4 is 66.7 Å². The SMILES string of the molecule is O=C(CS(=O)(=O)Cc1nnc(CS(=O)(=O)CC(=O)Nc2nc(-c3ccc(Cl)cc3)co2)o1)Nc1nc(-c2ccc(Cl)cc2)co1. The predicted molar refractivity (Wildman–Crippen MR) is 160 cm³/mol. The number of rotatable bonds is 12. The second kappa shape index (κ2) is 13.2. The maximum absolute atomic E-state index is 12.5. The maximum atomic E-state index is 12.5. The van der Waals surface area contributed by atoms with Gasteiger partial charge < -0.3 is 13.3 Å². The van der Waals surface area contributed by atoms with Gasteiger partial charge in [-0.05, 0) is 24.3 Å². The van der Waals surface area contributed by atoms with E-state index in [0.717, 1.165) is 0 Å². The number of amides is 2. The van der Waals surface area contributed by atoms with Gasteiger partial charge in [0.25, 0.3) is 0 Å². The molecule has 3 aromatic heterocycles. The lowest BCUT2D eigenvalue weighted by atomic mass is 10.2. The van der Waals surface area contributed by atoms with Crippen molar-refractivity contribution in [2.45, 2.75) is 11.5 Å². The number of carbonyl (C=O) groups is 2. The molecule has 0 fully saturated rings. The molecule has 3 heterocycles. The molecular weight excluding hydrogens is 675 g/mol. The molecule has 2 N–H and O–H groups in total. The Balaban J connectivity index is 1.11. The zero-order chi connectivity index (χ0) is 32.2. The summed E-state index contributed by atoms with van der Waals surface area (Å²) in [5, 5.41) is 12.6. The molecule has 0 radical (unpaired) electrons. The number of benzene rings is 2. The van der Waals surface area contributed by atoms with Gasteiger partial charge in [-0.1, -0.05) is 47.5 Å². The second-order valence-corrected chi connectivity index (χ2v) is 14.3. The lowest BCUT2D eigenvalue weighted by molar-refractivity contribution is -0.114. The first-order valence-electron chi connectivity index (χ1n) is 12.6. The van der Waals surface area contributed by atoms with Crippen LogP contribution >= 0.6 is 23.2 Å². The molecule has 0 aliphatic heterocycles. The average Bonchev–Trinajstić information content (AvgIpc) is 3.70. The lowest BCUT2D eigenvalue weighted by Gasteiger charge is -2.02. The van der Waals surface area contributed by atoms with Gasteiger partial charge in [-0.2, -0.15) is 9.97 Å². The Morgan fingerprint density at radius 2 is 1.02 bits per heavy atom. The monoisotopic (exact) mass is 694 g/mol. The molecule has 0 bridgehead atoms. The topological polar surface area (TPSA) is 217 Å². The Hall–Kier alpha value is -4.58. The molecule has 5 aromatic rings. The van der Waals surface area contributed by atoms with Crippen LogP contribution in [0.3, 0.4) is 0 Å². The highest BCUT2D eigenvalue weighted by Crippen LogP contribution is 2.24. The standard InChI is InChI=1S/C26H20Cl2N6O9S2/c27-17-5-1-15(2-6-17)19-9-41-25(29-19)31-21(35)11-44(37,38)13-23-33-34-24(43-23)14-45(39,40)12-22(36)32-26-30-20(10-42-26)16-3-7-18(28)8-4-16/h1-10H,11-14H2,(H,29,31,35)(H,30,32,36). The van der Waals surface area contributed by atoms with Crippen molar-refractivity contribution in [1.29, 1.82) is 0 Å². The van der Waals surface area contributed by atoms with Crippen LogP contribution in [0.1, 0.15) is 11.8 Å². The van der Waals surface area contributed by atoms with Gasteiger partial charge in [0.2, 0.25) is 23.6 Å². The highest BCUT2D eigenvalue weighted by Gasteiger charge is 2.25. The number of anilines is 2. The molecule has 234 valence electrons. The molecule has 0 unspecified atom stereocenters. The smallest absolute Gasteiger partial charge is 0.301 e. The molecule has 15 nitrogen and oxygen atoms in total. The molecule has 2 aromatic carbocycles. The first kappa shape index (κ1) is 31.8. The Bertz CT molecular complexity index is 1910. The Labute approximate surface area is 264 Å². The van der Waals surface area contributed by atoms with Crippen molar-refractivity contribution in [3.05, 3.63) is 82.9 Å². The minimum absolute atomic E-state index is 0.223. The molecule has 2 amide bonds. The van der Waals surface area contributed by atoms with E-state index >= 15 is 0 Å². The minimum Gasteiger partial charge on any atom is -0.431 e. The summed E-state index contributed by atoms with van der Waals surface area (Å²) >= 11 is 11.7. The molecule has 0 aliphatic carbocycles. The molecule has 45 heavy (non-hydrogen) atoms. The van der Waals surface area contributed by atoms with Gasteiger partial charge in [0.1, 0.15) is 46.9 Å². The van der Waals surface area contributed by atoms with E-state index in [4.69, 9.17) is 36.5 Å². The normalized spacial score (nSPS) is 11.8. The summed E-state index contributed by atoms with van der Waals surface area (Å²) in [5.41, 5.74) is 2.09. The summed E-state index contributed by atoms with van der Waals surface area (Å²) in [6, 6.07) is 12.9. The molecule has 5 rings (SSSR count). The summed E-state index contributed by atoms with van der Waals surface area (Å²) in [6.45, 7) is 0. The molecule has 0 spiro atoms. The molecule has 19 heteroatoms. The average molecular weight is 696 g/mol. The van der Waals surface area contributed by atoms with Gasteiger partial charge in [0.15, 0.2) is 19.7 Å². The summed E-state index contributed by atoms with van der Waals surface area (Å²) < 4.78 is 65.6. The second-order valence-electron chi connectivity index (χ2n) is 9.34. The van der Waals surface area contributed by atoms with Crippen molar-refractivity contribution in [2.24, 2.45) is 0 Å². The van der Waals surface area contributed by atoms with Crippen LogP contribution < -0.4 is 10.6 Å². The maximum Gasteiger partial charge on any atom is 0.301 e. The van der Waals surface area contributed by atoms with Crippen LogP contribution in [0.25, 0.3) is 22.5 Å². The molecule has 0 saturated heterocycles. The highest BCUT2D eigenvalue weighted by molar-refractivity contribution is 7.91. The van der Waals surface area contributed by atoms with Crippen LogP contribution in [0.15, 0.2) is 74.3 Å². The van der Waals surface area contributed by atoms with Crippen LogP contribution in [-0.4, -0.2) is 60.3 Å². The number of sulfone groups is 2. The van der Waals surface area contributed by atoms with E-state index in [1.807, 2.05) is 0 Å². The number of hydrogen-bond donors (Lipinski definition) is 2. The van der Waals surface area contributed by atoms with E-state index in [2.05, 4.69) is 30.8 Å². The zero-order valence-corrected chi connectivity index (χ0v) is 25.8. The number of hydrogen-bond acceptors (Lipinski definition) is 13. The Morgan fingerprint density at radius 1 is 0.644 bits per heavy atom. The van der Waals surface area contributed by atoms with E-state index in [0.29, 0.717) is 32.6 Å². The lowest BCUT2D eigenvalue weighted by Crippen LogP contribution is -2.24. The van der Waals surface area contributed by atoms with Gasteiger partial charge in [-0.15, -0.1) is 10.2 Å². The van der Waals surface area contributed by atoms with E-state index in [1.165, 1.54) is 12.5 Å². The van der Waals surface area contributed by atoms with Crippen LogP contribution in [0.4, 0.5) is 12.0 Å². The number of carbonyl (C=O) groups excluding carboxylic acids is 2. The third-order valence-electron chi connectivity index (χ3n) is 5.68. The summed E-state index contributed by atoms with van der Waals surface area (Å²) in [7, 11) is -8.28. The number of aromatic nitrogens is 4. The predicted octanol–water partition coefficient (Wildman–Crippen LogP) is 3.79. The fourth-order valence-electron chi connectivity index (χ4n) is 3.76. The number of halogens is 2. The van der Waals surface area contributed by atoms with Gasteiger partial charge in [-0.3, -0.25) is 20.2 Å². The van der Waals surface area contributed by atoms with E-state index in [1.54, 1.807) is 48.5 Å². The van der Waals surface area contributed by atoms with E-state index in [9.17, 15) is 26.4 Å². The van der Waals surface area contributed by atoms with Crippen molar-refractivity contribution < 1.29 is 39.7 Å². The summed E-state index contributed by atoms with van der Waals surface area (Å²) in [6.07, 6.45) is 2.55. The zero-order valence-electron chi connectivity index (χ0n) is 22.6. The molecular formula is C26H20Cl2N6O9S2. The number of nitrogens with one attached hydrogen (secondary N) is 2. The van der Waals surface area contributed by atoms with Gasteiger partial charge in [0, 0.05) is 21.2 Å². The fraction of sp³-hybridized carbons (Fsp3) is 0.154. The van der Waals surface area contributed by atoms with E-state index < -0.39 is 66.3 Å². The van der Waals surface area contributed by atoms with E-state index in [-0.39, 0.29) is 12.0 Å². The number of nitrogens with zero attached hydrogens (tertiary/aromatic N) is 4. The first-order valence-corrected chi connectivity index (χ1v) is 17.0. The Morgan fingerprint density at radius 3 is 1.40 bits per heavy atom. The number of oxazole rings is 2. The van der Waals surface area contributed by atoms with Crippen molar-refractivity contribution in [1.82, 2.24) is 20.2 Å². The van der Waals surface area contributed by atoms with Crippen LogP contribution in [0.2, 0.25) is 10.0 Å². The minimum atomic E-state index is -4.14. The van der Waals surface area contributed by atoms with Gasteiger partial charge >= 0.3 is 12.0 Å². The van der Waals surface area contributed by atoms with Crippen LogP contribution in [0.5, 0.6) is 0 Å². The summed E-state index contributed by atoms with van der Waals surface area (Å²) in [5.74, 6) is -6.46. The third-order valence-corrected chi connectivity index (χ3v) is 8.96. The van der Waals surface area contributed by atoms with Gasteiger partial charge in [-0.25, -0.2) is 16.8 Å².